The summed E-state index contributed by atoms with van der Waals surface area (Å²) in [6, 6.07) is 32.8. The Morgan fingerprint density at radius 3 is 2.25 bits per heavy atom. The van der Waals surface area contributed by atoms with Gasteiger partial charge in [-0.1, -0.05) is 18.2 Å². The van der Waals surface area contributed by atoms with E-state index in [9.17, 15) is 0 Å². The third kappa shape index (κ3) is 4.11. The van der Waals surface area contributed by atoms with E-state index in [2.05, 4.69) is 69.3 Å². The number of benzene rings is 2. The molecule has 36 heavy (non-hydrogen) atoms. The zero-order valence-corrected chi connectivity index (χ0v) is 22.1. The van der Waals surface area contributed by atoms with Gasteiger partial charge in [0.2, 0.25) is 0 Å². The average Bonchev–Trinajstić information content (AvgIpc) is 3.27. The molecule has 2 aromatic carbocycles. The Hall–Kier alpha value is -3.79. The Bertz CT molecular complexity index is 1710. The van der Waals surface area contributed by atoms with Crippen LogP contribution in [-0.2, 0) is 5.41 Å². The monoisotopic (exact) mass is 535 g/mol. The van der Waals surface area contributed by atoms with Gasteiger partial charge in [-0.15, -0.1) is 0 Å². The molecule has 0 saturated carbocycles. The van der Waals surface area contributed by atoms with Gasteiger partial charge in [-0.25, -0.2) is 0 Å². The molecule has 0 N–H and O–H groups in total. The molecule has 0 saturated heterocycles. The van der Waals surface area contributed by atoms with Gasteiger partial charge in [-0.3, -0.25) is 0 Å². The van der Waals surface area contributed by atoms with Gasteiger partial charge in [0.25, 0.3) is 0 Å². The zero-order valence-electron chi connectivity index (χ0n) is 20.4. The normalized spacial score (nSPS) is 11.8. The van der Waals surface area contributed by atoms with Gasteiger partial charge in [0.15, 0.2) is 0 Å². The molecule has 0 unspecified atom stereocenters. The van der Waals surface area contributed by atoms with E-state index < -0.39 is 5.41 Å². The van der Waals surface area contributed by atoms with Crippen molar-refractivity contribution < 1.29 is 4.74 Å². The van der Waals surface area contributed by atoms with Gasteiger partial charge in [0, 0.05) is 0 Å². The number of para-hydroxylation sites is 1. The van der Waals surface area contributed by atoms with Crippen LogP contribution in [0.3, 0.4) is 0 Å². The first-order valence-corrected chi connectivity index (χ1v) is 13.7. The third-order valence-electron chi connectivity index (χ3n) is 6.50. The van der Waals surface area contributed by atoms with E-state index >= 15 is 0 Å². The first kappa shape index (κ1) is 22.7. The molecule has 0 bridgehead atoms. The van der Waals surface area contributed by atoms with Gasteiger partial charge >= 0.3 is 199 Å². The Labute approximate surface area is 216 Å². The zero-order chi connectivity index (χ0) is 24.7. The molecule has 0 aliphatic carbocycles. The molecule has 4 aromatic heterocycles. The summed E-state index contributed by atoms with van der Waals surface area (Å²) in [6.45, 7) is 6.38. The van der Waals surface area contributed by atoms with Crippen LogP contribution in [0, 0.1) is 6.92 Å². The fourth-order valence-electron chi connectivity index (χ4n) is 4.47. The molecule has 0 aliphatic heterocycles. The average molecular weight is 535 g/mol. The molecule has 4 heterocycles. The maximum absolute atomic E-state index is 6.00. The number of aryl methyl sites for hydroxylation is 1. The molecule has 0 aliphatic rings. The summed E-state index contributed by atoms with van der Waals surface area (Å²) in [5.74, 6) is 1.35. The molecule has 176 valence electrons. The van der Waals surface area contributed by atoms with Crippen molar-refractivity contribution in [1.29, 1.82) is 0 Å². The van der Waals surface area contributed by atoms with Crippen molar-refractivity contribution in [3.8, 4) is 22.9 Å². The summed E-state index contributed by atoms with van der Waals surface area (Å²) in [4.78, 5) is 14.8. The van der Waals surface area contributed by atoms with Crippen LogP contribution in [0.25, 0.3) is 30.7 Å². The minimum absolute atomic E-state index is 0.158. The van der Waals surface area contributed by atoms with Crippen molar-refractivity contribution >= 4 is 33.9 Å². The fraction of sp³-hybridized carbons (Fsp3) is 0.129. The van der Waals surface area contributed by atoms with Crippen LogP contribution < -0.4 is 4.74 Å². The van der Waals surface area contributed by atoms with E-state index in [0.29, 0.717) is 5.88 Å². The first-order valence-electron chi connectivity index (χ1n) is 12.0. The Morgan fingerprint density at radius 2 is 1.42 bits per heavy atom. The van der Waals surface area contributed by atoms with E-state index in [-0.39, 0.29) is 14.5 Å². The topological polar surface area (TPSA) is 47.9 Å². The molecule has 6 aromatic rings. The number of ether oxygens (including phenoxy) is 1. The van der Waals surface area contributed by atoms with Crippen molar-refractivity contribution in [1.82, 2.24) is 15.0 Å². The summed E-state index contributed by atoms with van der Waals surface area (Å²) >= 11 is 0.158. The molecule has 0 spiro atoms. The van der Waals surface area contributed by atoms with Crippen LogP contribution in [-0.4, -0.2) is 29.5 Å². The second-order valence-corrected chi connectivity index (χ2v) is 11.5. The van der Waals surface area contributed by atoms with Crippen LogP contribution in [0.2, 0.25) is 0 Å². The van der Waals surface area contributed by atoms with E-state index in [4.69, 9.17) is 19.7 Å². The van der Waals surface area contributed by atoms with E-state index in [1.165, 1.54) is 25.0 Å². The molecule has 0 amide bonds. The molecule has 0 fully saturated rings. The Morgan fingerprint density at radius 1 is 0.667 bits per heavy atom. The van der Waals surface area contributed by atoms with Gasteiger partial charge < -0.3 is 0 Å². The van der Waals surface area contributed by atoms with E-state index in [1.54, 1.807) is 0 Å². The molecular formula is C31H25N3OSe. The van der Waals surface area contributed by atoms with Crippen LogP contribution >= 0.6 is 0 Å². The van der Waals surface area contributed by atoms with Crippen molar-refractivity contribution in [3.05, 3.63) is 114 Å². The predicted octanol–water partition coefficient (Wildman–Crippen LogP) is 7.33. The number of rotatable bonds is 5. The van der Waals surface area contributed by atoms with Crippen molar-refractivity contribution in [2.24, 2.45) is 0 Å². The standard InChI is InChI=1S/C31H25N3OSe/c1-20-18-19-23-22-12-7-13-24(29(22)36-30(23)32-20)25-14-8-15-26(33-25)31(2,3)27-16-9-17-28(34-27)35-21-10-5-4-6-11-21/h4-19H,1-3H3. The maximum atomic E-state index is 6.00. The van der Waals surface area contributed by atoms with Crippen LogP contribution in [0.5, 0.6) is 11.6 Å². The molecule has 6 rings (SSSR count). The van der Waals surface area contributed by atoms with Gasteiger partial charge in [0.1, 0.15) is 0 Å². The molecule has 0 radical (unpaired) electrons. The summed E-state index contributed by atoms with van der Waals surface area (Å²) in [5.41, 5.74) is 4.72. The number of hydrogen-bond acceptors (Lipinski definition) is 4. The first-order chi connectivity index (χ1) is 17.5. The summed E-state index contributed by atoms with van der Waals surface area (Å²) in [5, 5.41) is 2.54. The van der Waals surface area contributed by atoms with Crippen molar-refractivity contribution in [2.75, 3.05) is 0 Å². The van der Waals surface area contributed by atoms with Crippen LogP contribution in [0.4, 0.5) is 0 Å². The fourth-order valence-corrected chi connectivity index (χ4v) is 7.07. The number of aromatic nitrogens is 3. The minimum atomic E-state index is -0.406. The molecule has 5 heteroatoms. The van der Waals surface area contributed by atoms with Crippen molar-refractivity contribution in [2.45, 2.75) is 26.2 Å². The summed E-state index contributed by atoms with van der Waals surface area (Å²) < 4.78 is 8.56. The summed E-state index contributed by atoms with van der Waals surface area (Å²) in [6.07, 6.45) is 0. The SMILES string of the molecule is Cc1ccc2c(n1)[se]c1c(-c3cccc(C(C)(C)c4cccc(Oc5ccccc5)n4)n3)cccc12. The van der Waals surface area contributed by atoms with Crippen molar-refractivity contribution in [3.63, 3.8) is 0 Å². The number of pyridine rings is 3. The number of nitrogens with zero attached hydrogens (tertiary/aromatic N) is 3. The molecular weight excluding hydrogens is 509 g/mol. The molecule has 4 nitrogen and oxygen atoms in total. The number of fused-ring (bicyclic) bond motifs is 3. The second kappa shape index (κ2) is 9.01. The number of hydrogen-bond donors (Lipinski definition) is 0. The van der Waals surface area contributed by atoms with E-state index in [0.717, 1.165) is 28.5 Å². The van der Waals surface area contributed by atoms with E-state index in [1.807, 2.05) is 48.5 Å². The van der Waals surface area contributed by atoms with Gasteiger partial charge in [0.05, 0.1) is 0 Å². The Kier molecular flexibility index (Phi) is 5.67. The van der Waals surface area contributed by atoms with Gasteiger partial charge in [-0.2, -0.15) is 0 Å². The quantitative estimate of drug-likeness (QED) is 0.217. The second-order valence-electron chi connectivity index (χ2n) is 9.40. The third-order valence-corrected chi connectivity index (χ3v) is 8.91. The summed E-state index contributed by atoms with van der Waals surface area (Å²) in [7, 11) is 0. The Balaban J connectivity index is 1.40. The van der Waals surface area contributed by atoms with Crippen LogP contribution in [0.1, 0.15) is 30.9 Å². The van der Waals surface area contributed by atoms with Gasteiger partial charge in [-0.05, 0) is 0 Å². The predicted molar refractivity (Wildman–Crippen MR) is 147 cm³/mol. The molecule has 0 atom stereocenters. The van der Waals surface area contributed by atoms with Crippen LogP contribution in [0.15, 0.2) is 97.1 Å².